The van der Waals surface area contributed by atoms with Crippen molar-refractivity contribution in [2.75, 3.05) is 23.8 Å². The highest BCUT2D eigenvalue weighted by molar-refractivity contribution is 9.11. The average Bonchev–Trinajstić information content (AvgIpc) is 2.73. The standard InChI is InChI=1S/C20H18Br2N4O5S/c1-12-7-13(21)8-16(22)20(12)31-10-18(27)25-14-3-5-15(6-4-14)32(28,29)26-17-9-19(30-2)24-11-23-17/h3-9,11H,10H2,1-2H3,(H,25,27)(H,23,24,26). The minimum Gasteiger partial charge on any atom is -0.482 e. The summed E-state index contributed by atoms with van der Waals surface area (Å²) in [6, 6.07) is 10.8. The number of aromatic nitrogens is 2. The number of hydrogen-bond donors (Lipinski definition) is 2. The zero-order valence-electron chi connectivity index (χ0n) is 16.9. The molecule has 0 fully saturated rings. The van der Waals surface area contributed by atoms with Gasteiger partial charge in [-0.2, -0.15) is 0 Å². The molecular weight excluding hydrogens is 568 g/mol. The molecule has 0 bridgehead atoms. The van der Waals surface area contributed by atoms with Crippen LogP contribution in [-0.2, 0) is 14.8 Å². The maximum absolute atomic E-state index is 12.6. The highest BCUT2D eigenvalue weighted by atomic mass is 79.9. The molecule has 0 atom stereocenters. The monoisotopic (exact) mass is 584 g/mol. The quantitative estimate of drug-likeness (QED) is 0.408. The number of carbonyl (C=O) groups is 1. The normalized spacial score (nSPS) is 11.0. The third-order valence-electron chi connectivity index (χ3n) is 4.08. The molecule has 9 nitrogen and oxygen atoms in total. The molecule has 0 saturated carbocycles. The third kappa shape index (κ3) is 6.17. The first kappa shape index (κ1) is 24.0. The van der Waals surface area contributed by atoms with Gasteiger partial charge in [0.05, 0.1) is 16.5 Å². The molecule has 0 radical (unpaired) electrons. The smallest absolute Gasteiger partial charge is 0.263 e. The van der Waals surface area contributed by atoms with Crippen molar-refractivity contribution in [2.24, 2.45) is 0 Å². The molecule has 3 rings (SSSR count). The van der Waals surface area contributed by atoms with E-state index in [0.717, 1.165) is 14.5 Å². The Morgan fingerprint density at radius 2 is 1.81 bits per heavy atom. The molecule has 1 aromatic heterocycles. The summed E-state index contributed by atoms with van der Waals surface area (Å²) in [7, 11) is -2.47. The second-order valence-electron chi connectivity index (χ2n) is 6.45. The number of carbonyl (C=O) groups excluding carboxylic acids is 1. The van der Waals surface area contributed by atoms with Gasteiger partial charge in [0, 0.05) is 16.2 Å². The number of benzene rings is 2. The van der Waals surface area contributed by atoms with E-state index in [2.05, 4.69) is 51.9 Å². The van der Waals surface area contributed by atoms with Crippen LogP contribution >= 0.6 is 31.9 Å². The van der Waals surface area contributed by atoms with Gasteiger partial charge < -0.3 is 14.8 Å². The number of methoxy groups -OCH3 is 1. The maximum atomic E-state index is 12.6. The maximum Gasteiger partial charge on any atom is 0.263 e. The van der Waals surface area contributed by atoms with Crippen molar-refractivity contribution < 1.29 is 22.7 Å². The van der Waals surface area contributed by atoms with E-state index >= 15 is 0 Å². The summed E-state index contributed by atoms with van der Waals surface area (Å²) in [5, 5.41) is 2.67. The summed E-state index contributed by atoms with van der Waals surface area (Å²) < 4.78 is 39.6. The number of ether oxygens (including phenoxy) is 2. The molecule has 0 spiro atoms. The zero-order chi connectivity index (χ0) is 23.3. The largest absolute Gasteiger partial charge is 0.482 e. The summed E-state index contributed by atoms with van der Waals surface area (Å²) in [4.78, 5) is 19.9. The van der Waals surface area contributed by atoms with Gasteiger partial charge >= 0.3 is 0 Å². The molecule has 2 N–H and O–H groups in total. The van der Waals surface area contributed by atoms with Crippen LogP contribution in [0.5, 0.6) is 11.6 Å². The molecule has 0 aliphatic carbocycles. The van der Waals surface area contributed by atoms with Gasteiger partial charge in [0.1, 0.15) is 17.9 Å². The van der Waals surface area contributed by atoms with E-state index in [1.165, 1.54) is 43.8 Å². The summed E-state index contributed by atoms with van der Waals surface area (Å²) >= 11 is 6.80. The van der Waals surface area contributed by atoms with Gasteiger partial charge in [-0.15, -0.1) is 0 Å². The molecular formula is C20H18Br2N4O5S. The predicted molar refractivity (Wildman–Crippen MR) is 127 cm³/mol. The number of rotatable bonds is 8. The third-order valence-corrected chi connectivity index (χ3v) is 6.50. The molecule has 2 aromatic carbocycles. The molecule has 0 aliphatic heterocycles. The Morgan fingerprint density at radius 1 is 1.09 bits per heavy atom. The van der Waals surface area contributed by atoms with Crippen LogP contribution in [0.3, 0.4) is 0 Å². The fourth-order valence-corrected chi connectivity index (χ4v) is 5.18. The summed E-state index contributed by atoms with van der Waals surface area (Å²) in [5.74, 6) is 0.474. The van der Waals surface area contributed by atoms with E-state index in [9.17, 15) is 13.2 Å². The van der Waals surface area contributed by atoms with Crippen LogP contribution in [0.4, 0.5) is 11.5 Å². The van der Waals surface area contributed by atoms with Gasteiger partial charge in [0.15, 0.2) is 6.61 Å². The fourth-order valence-electron chi connectivity index (χ4n) is 2.63. The highest BCUT2D eigenvalue weighted by Gasteiger charge is 2.16. The zero-order valence-corrected chi connectivity index (χ0v) is 20.9. The van der Waals surface area contributed by atoms with E-state index in [1.54, 1.807) is 0 Å². The summed E-state index contributed by atoms with van der Waals surface area (Å²) in [6.07, 6.45) is 1.19. The van der Waals surface area contributed by atoms with Gasteiger partial charge in [0.25, 0.3) is 15.9 Å². The summed E-state index contributed by atoms with van der Waals surface area (Å²) in [5.41, 5.74) is 1.29. The second-order valence-corrected chi connectivity index (χ2v) is 9.90. The fraction of sp³-hybridized carbons (Fsp3) is 0.150. The van der Waals surface area contributed by atoms with Gasteiger partial charge in [-0.05, 0) is 64.8 Å². The van der Waals surface area contributed by atoms with Crippen molar-refractivity contribution in [3.8, 4) is 11.6 Å². The number of aryl methyl sites for hydroxylation is 1. The van der Waals surface area contributed by atoms with E-state index in [0.29, 0.717) is 11.4 Å². The van der Waals surface area contributed by atoms with Crippen LogP contribution in [0, 0.1) is 6.92 Å². The molecule has 1 heterocycles. The van der Waals surface area contributed by atoms with Gasteiger partial charge in [-0.3, -0.25) is 9.52 Å². The lowest BCUT2D eigenvalue weighted by molar-refractivity contribution is -0.118. The number of hydrogen-bond acceptors (Lipinski definition) is 7. The van der Waals surface area contributed by atoms with Crippen LogP contribution in [0.1, 0.15) is 5.56 Å². The minimum absolute atomic E-state index is 0.00116. The van der Waals surface area contributed by atoms with Crippen LogP contribution < -0.4 is 19.5 Å². The van der Waals surface area contributed by atoms with Crippen LogP contribution in [0.2, 0.25) is 0 Å². The first-order valence-corrected chi connectivity index (χ1v) is 12.1. The van der Waals surface area contributed by atoms with E-state index in [1.807, 2.05) is 19.1 Å². The Labute approximate surface area is 201 Å². The van der Waals surface area contributed by atoms with Gasteiger partial charge in [-0.25, -0.2) is 18.4 Å². The lowest BCUT2D eigenvalue weighted by Gasteiger charge is -2.12. The van der Waals surface area contributed by atoms with Crippen molar-refractivity contribution in [1.82, 2.24) is 9.97 Å². The topological polar surface area (TPSA) is 120 Å². The Bertz CT molecular complexity index is 1210. The van der Waals surface area contributed by atoms with Crippen molar-refractivity contribution in [1.29, 1.82) is 0 Å². The molecule has 12 heteroatoms. The second kappa shape index (κ2) is 10.3. The molecule has 32 heavy (non-hydrogen) atoms. The number of amides is 1. The lowest BCUT2D eigenvalue weighted by atomic mass is 10.2. The van der Waals surface area contributed by atoms with Gasteiger partial charge in [0.2, 0.25) is 5.88 Å². The van der Waals surface area contributed by atoms with E-state index in [4.69, 9.17) is 9.47 Å². The average molecular weight is 586 g/mol. The number of nitrogens with one attached hydrogen (secondary N) is 2. The Morgan fingerprint density at radius 3 is 2.47 bits per heavy atom. The SMILES string of the molecule is COc1cc(NS(=O)(=O)c2ccc(NC(=O)COc3c(C)cc(Br)cc3Br)cc2)ncn1. The number of halogens is 2. The van der Waals surface area contributed by atoms with Gasteiger partial charge in [-0.1, -0.05) is 15.9 Å². The predicted octanol–water partition coefficient (Wildman–Crippen LogP) is 4.14. The van der Waals surface area contributed by atoms with E-state index in [-0.39, 0.29) is 29.1 Å². The van der Waals surface area contributed by atoms with Crippen LogP contribution in [0.15, 0.2) is 62.6 Å². The van der Waals surface area contributed by atoms with Crippen molar-refractivity contribution in [2.45, 2.75) is 11.8 Å². The molecule has 168 valence electrons. The van der Waals surface area contributed by atoms with Crippen molar-refractivity contribution >= 4 is 59.3 Å². The van der Waals surface area contributed by atoms with Crippen LogP contribution in [-0.4, -0.2) is 38.0 Å². The van der Waals surface area contributed by atoms with Crippen molar-refractivity contribution in [3.05, 3.63) is 63.3 Å². The van der Waals surface area contributed by atoms with E-state index < -0.39 is 10.0 Å². The minimum atomic E-state index is -3.89. The van der Waals surface area contributed by atoms with Crippen LogP contribution in [0.25, 0.3) is 0 Å². The molecule has 1 amide bonds. The Hall–Kier alpha value is -2.70. The first-order chi connectivity index (χ1) is 15.2. The Kier molecular flexibility index (Phi) is 7.69. The highest BCUT2D eigenvalue weighted by Crippen LogP contribution is 2.32. The molecule has 0 aliphatic rings. The molecule has 0 saturated heterocycles. The molecule has 0 unspecified atom stereocenters. The van der Waals surface area contributed by atoms with Crippen molar-refractivity contribution in [3.63, 3.8) is 0 Å². The molecule has 3 aromatic rings. The number of anilines is 2. The summed E-state index contributed by atoms with van der Waals surface area (Å²) in [6.45, 7) is 1.66. The Balaban J connectivity index is 1.62. The number of sulfonamides is 1. The first-order valence-electron chi connectivity index (χ1n) is 9.05. The number of nitrogens with zero attached hydrogens (tertiary/aromatic N) is 2. The lowest BCUT2D eigenvalue weighted by Crippen LogP contribution is -2.20.